The molecule has 0 atom stereocenters. The van der Waals surface area contributed by atoms with Crippen LogP contribution >= 0.6 is 11.3 Å². The first-order chi connectivity index (χ1) is 17.5. The molecule has 1 saturated heterocycles. The van der Waals surface area contributed by atoms with E-state index in [1.807, 2.05) is 61.5 Å². The van der Waals surface area contributed by atoms with Gasteiger partial charge >= 0.3 is 6.03 Å². The molecule has 8 nitrogen and oxygen atoms in total. The third-order valence-corrected chi connectivity index (χ3v) is 7.68. The van der Waals surface area contributed by atoms with Crippen LogP contribution in [0.1, 0.15) is 22.2 Å². The van der Waals surface area contributed by atoms with Gasteiger partial charge in [0, 0.05) is 19.3 Å². The van der Waals surface area contributed by atoms with Gasteiger partial charge in [0.25, 0.3) is 5.91 Å². The predicted molar refractivity (Wildman–Crippen MR) is 142 cm³/mol. The van der Waals surface area contributed by atoms with Crippen LogP contribution in [0.3, 0.4) is 0 Å². The second-order valence-corrected chi connectivity index (χ2v) is 9.97. The summed E-state index contributed by atoms with van der Waals surface area (Å²) in [6.45, 7) is 6.70. The second-order valence-electron chi connectivity index (χ2n) is 8.97. The van der Waals surface area contributed by atoms with E-state index < -0.39 is 0 Å². The van der Waals surface area contributed by atoms with E-state index in [0.717, 1.165) is 42.0 Å². The monoisotopic (exact) mass is 499 g/mol. The fourth-order valence-electron chi connectivity index (χ4n) is 4.72. The molecule has 0 saturated carbocycles. The highest BCUT2D eigenvalue weighted by atomic mass is 32.1. The van der Waals surface area contributed by atoms with E-state index >= 15 is 0 Å². The molecule has 2 aliphatic heterocycles. The van der Waals surface area contributed by atoms with Gasteiger partial charge in [-0.15, -0.1) is 11.3 Å². The lowest BCUT2D eigenvalue weighted by Gasteiger charge is -2.38. The number of benzene rings is 2. The molecule has 2 aromatic carbocycles. The molecule has 36 heavy (non-hydrogen) atoms. The topological polar surface area (TPSA) is 86.8 Å². The SMILES string of the molecule is CCN1CC(NC(=O)c2sc3nccc4c3c2NC(=O)N4c2ccc(Oc3ccccc3)cc2C)C1. The average Bonchev–Trinajstić information content (AvgIpc) is 3.22. The van der Waals surface area contributed by atoms with Crippen LogP contribution < -0.4 is 20.3 Å². The zero-order valence-electron chi connectivity index (χ0n) is 19.9. The van der Waals surface area contributed by atoms with Crippen molar-refractivity contribution in [1.29, 1.82) is 0 Å². The zero-order chi connectivity index (χ0) is 24.8. The molecule has 0 unspecified atom stereocenters. The first-order valence-corrected chi connectivity index (χ1v) is 12.7. The number of urea groups is 1. The lowest BCUT2D eigenvalue weighted by atomic mass is 10.1. The van der Waals surface area contributed by atoms with Gasteiger partial charge in [0.05, 0.1) is 28.5 Å². The number of nitrogens with one attached hydrogen (secondary N) is 2. The number of pyridine rings is 1. The Bertz CT molecular complexity index is 1480. The third kappa shape index (κ3) is 3.86. The number of para-hydroxylation sites is 1. The molecule has 9 heteroatoms. The van der Waals surface area contributed by atoms with E-state index in [1.54, 1.807) is 11.1 Å². The van der Waals surface area contributed by atoms with Crippen LogP contribution in [0.5, 0.6) is 11.5 Å². The van der Waals surface area contributed by atoms with Gasteiger partial charge in [-0.3, -0.25) is 14.6 Å². The summed E-state index contributed by atoms with van der Waals surface area (Å²) >= 11 is 1.30. The van der Waals surface area contributed by atoms with Crippen LogP contribution in [0.4, 0.5) is 21.9 Å². The number of carbonyl (C=O) groups excluding carboxylic acids is 2. The maximum atomic E-state index is 13.4. The number of hydrogen-bond acceptors (Lipinski definition) is 6. The number of anilines is 3. The molecular formula is C27H25N5O3S. The number of likely N-dealkylation sites (tertiary alicyclic amines) is 1. The molecule has 0 aliphatic carbocycles. The largest absolute Gasteiger partial charge is 0.457 e. The Morgan fingerprint density at radius 2 is 1.94 bits per heavy atom. The van der Waals surface area contributed by atoms with E-state index in [2.05, 4.69) is 27.4 Å². The molecular weight excluding hydrogens is 474 g/mol. The van der Waals surface area contributed by atoms with Crippen LogP contribution in [-0.2, 0) is 0 Å². The smallest absolute Gasteiger partial charge is 0.331 e. The van der Waals surface area contributed by atoms with Gasteiger partial charge in [0.1, 0.15) is 21.2 Å². The lowest BCUT2D eigenvalue weighted by molar-refractivity contribution is 0.0829. The predicted octanol–water partition coefficient (Wildman–Crippen LogP) is 5.51. The third-order valence-electron chi connectivity index (χ3n) is 6.58. The molecule has 4 heterocycles. The maximum Gasteiger partial charge on any atom is 0.331 e. The van der Waals surface area contributed by atoms with E-state index in [-0.39, 0.29) is 18.0 Å². The normalized spacial score (nSPS) is 15.5. The number of carbonyl (C=O) groups is 2. The summed E-state index contributed by atoms with van der Waals surface area (Å²) in [6.07, 6.45) is 1.68. The van der Waals surface area contributed by atoms with Crippen molar-refractivity contribution in [3.8, 4) is 11.5 Å². The summed E-state index contributed by atoms with van der Waals surface area (Å²) in [5.74, 6) is 1.26. The molecule has 1 fully saturated rings. The van der Waals surface area contributed by atoms with E-state index in [0.29, 0.717) is 26.8 Å². The van der Waals surface area contributed by atoms with E-state index in [1.165, 1.54) is 11.3 Å². The Labute approximate surface area is 212 Å². The van der Waals surface area contributed by atoms with Crippen molar-refractivity contribution in [3.63, 3.8) is 0 Å². The van der Waals surface area contributed by atoms with Gasteiger partial charge in [-0.05, 0) is 55.4 Å². The van der Waals surface area contributed by atoms with Crippen molar-refractivity contribution in [3.05, 3.63) is 71.2 Å². The highest BCUT2D eigenvalue weighted by Gasteiger charge is 2.34. The number of nitrogens with zero attached hydrogens (tertiary/aromatic N) is 3. The zero-order valence-corrected chi connectivity index (χ0v) is 20.8. The number of aryl methyl sites for hydroxylation is 1. The Morgan fingerprint density at radius 3 is 2.69 bits per heavy atom. The molecule has 0 bridgehead atoms. The van der Waals surface area contributed by atoms with Crippen LogP contribution in [0, 0.1) is 6.92 Å². The van der Waals surface area contributed by atoms with Crippen LogP contribution in [0.2, 0.25) is 0 Å². The molecule has 6 rings (SSSR count). The minimum atomic E-state index is -0.317. The number of aromatic nitrogens is 1. The summed E-state index contributed by atoms with van der Waals surface area (Å²) < 4.78 is 5.96. The van der Waals surface area contributed by atoms with Gasteiger partial charge in [-0.1, -0.05) is 25.1 Å². The van der Waals surface area contributed by atoms with Gasteiger partial charge in [-0.2, -0.15) is 0 Å². The van der Waals surface area contributed by atoms with Crippen molar-refractivity contribution in [2.24, 2.45) is 0 Å². The summed E-state index contributed by atoms with van der Waals surface area (Å²) in [5, 5.41) is 6.84. The first kappa shape index (κ1) is 22.5. The number of hydrogen-bond donors (Lipinski definition) is 2. The summed E-state index contributed by atoms with van der Waals surface area (Å²) in [5.41, 5.74) is 2.85. The van der Waals surface area contributed by atoms with Gasteiger partial charge < -0.3 is 15.4 Å². The highest BCUT2D eigenvalue weighted by Crippen LogP contribution is 2.46. The van der Waals surface area contributed by atoms with E-state index in [4.69, 9.17) is 4.74 Å². The molecule has 2 aromatic heterocycles. The lowest BCUT2D eigenvalue weighted by Crippen LogP contribution is -2.58. The number of rotatable bonds is 6. The highest BCUT2D eigenvalue weighted by molar-refractivity contribution is 7.21. The molecule has 0 spiro atoms. The maximum absolute atomic E-state index is 13.4. The van der Waals surface area contributed by atoms with Crippen molar-refractivity contribution < 1.29 is 14.3 Å². The molecule has 2 aliphatic rings. The summed E-state index contributed by atoms with van der Waals surface area (Å²) in [4.78, 5) is 36.1. The number of ether oxygens (including phenoxy) is 1. The minimum Gasteiger partial charge on any atom is -0.457 e. The molecule has 0 radical (unpaired) electrons. The van der Waals surface area contributed by atoms with Gasteiger partial charge in [-0.25, -0.2) is 9.78 Å². The van der Waals surface area contributed by atoms with Gasteiger partial charge in [0.2, 0.25) is 0 Å². The van der Waals surface area contributed by atoms with Crippen molar-refractivity contribution in [1.82, 2.24) is 15.2 Å². The Morgan fingerprint density at radius 1 is 1.14 bits per heavy atom. The van der Waals surface area contributed by atoms with Crippen molar-refractivity contribution in [2.45, 2.75) is 19.9 Å². The fraction of sp³-hybridized carbons (Fsp3) is 0.222. The average molecular weight is 500 g/mol. The number of likely N-dealkylation sites (N-methyl/N-ethyl adjacent to an activating group) is 1. The molecule has 3 amide bonds. The van der Waals surface area contributed by atoms with Crippen LogP contribution in [0.25, 0.3) is 10.2 Å². The molecule has 182 valence electrons. The molecule has 4 aromatic rings. The minimum absolute atomic E-state index is 0.123. The summed E-state index contributed by atoms with van der Waals surface area (Å²) in [6, 6.07) is 16.8. The molecule has 2 N–H and O–H groups in total. The van der Waals surface area contributed by atoms with Gasteiger partial charge in [0.15, 0.2) is 0 Å². The Kier molecular flexibility index (Phi) is 5.58. The number of amides is 3. The van der Waals surface area contributed by atoms with Crippen LogP contribution in [-0.4, -0.2) is 47.5 Å². The number of thiophene rings is 1. The fourth-order valence-corrected chi connectivity index (χ4v) is 5.74. The summed E-state index contributed by atoms with van der Waals surface area (Å²) in [7, 11) is 0. The van der Waals surface area contributed by atoms with Crippen molar-refractivity contribution in [2.75, 3.05) is 29.9 Å². The van der Waals surface area contributed by atoms with Crippen LogP contribution in [0.15, 0.2) is 60.8 Å². The Hall–Kier alpha value is -3.95. The first-order valence-electron chi connectivity index (χ1n) is 11.9. The second kappa shape index (κ2) is 8.92. The Balaban J connectivity index is 1.32. The quantitative estimate of drug-likeness (QED) is 0.365. The standard InChI is InChI=1S/C27H25N5O3S/c1-3-31-14-17(15-31)29-25(33)24-23-22-21(11-12-28-26(22)36-24)32(27(34)30-23)20-10-9-19(13-16(20)2)35-18-7-5-4-6-8-18/h4-13,17H,3,14-15H2,1-2H3,(H,29,33)(H,30,34). The van der Waals surface area contributed by atoms with E-state index in [9.17, 15) is 9.59 Å². The van der Waals surface area contributed by atoms with Crippen molar-refractivity contribution >= 4 is 50.6 Å².